The molecule has 8 nitrogen and oxygen atoms in total. The molecule has 0 amide bonds. The van der Waals surface area contributed by atoms with E-state index in [9.17, 15) is 13.2 Å². The van der Waals surface area contributed by atoms with Gasteiger partial charge in [0.05, 0.1) is 35.9 Å². The van der Waals surface area contributed by atoms with Crippen LogP contribution in [0.5, 0.6) is 17.4 Å². The van der Waals surface area contributed by atoms with Gasteiger partial charge >= 0.3 is 5.97 Å². The number of sulfone groups is 1. The van der Waals surface area contributed by atoms with E-state index in [0.717, 1.165) is 5.56 Å². The van der Waals surface area contributed by atoms with Crippen LogP contribution in [-0.2, 0) is 15.4 Å². The summed E-state index contributed by atoms with van der Waals surface area (Å²) in [6.45, 7) is 8.98. The topological polar surface area (TPSA) is 96.7 Å². The number of aryl methyl sites for hydroxylation is 2. The summed E-state index contributed by atoms with van der Waals surface area (Å²) in [6, 6.07) is 11.0. The molecule has 0 saturated carbocycles. The van der Waals surface area contributed by atoms with Crippen LogP contribution in [0.25, 0.3) is 0 Å². The van der Waals surface area contributed by atoms with Gasteiger partial charge in [-0.15, -0.1) is 0 Å². The van der Waals surface area contributed by atoms with E-state index in [0.29, 0.717) is 11.5 Å². The van der Waals surface area contributed by atoms with Gasteiger partial charge in [0.1, 0.15) is 0 Å². The Bertz CT molecular complexity index is 1290. The fourth-order valence-electron chi connectivity index (χ4n) is 3.29. The minimum atomic E-state index is -4.01. The number of rotatable bonds is 6. The van der Waals surface area contributed by atoms with Crippen molar-refractivity contribution in [2.24, 2.45) is 0 Å². The van der Waals surface area contributed by atoms with Crippen molar-refractivity contribution in [3.63, 3.8) is 0 Å². The lowest BCUT2D eigenvalue weighted by atomic mass is 10.1. The highest BCUT2D eigenvalue weighted by Gasteiger charge is 2.34. The molecule has 0 radical (unpaired) electrons. The van der Waals surface area contributed by atoms with Gasteiger partial charge in [-0.25, -0.2) is 17.9 Å². The van der Waals surface area contributed by atoms with Gasteiger partial charge in [-0.1, -0.05) is 17.7 Å². The summed E-state index contributed by atoms with van der Waals surface area (Å²) in [7, 11) is -1.07. The van der Waals surface area contributed by atoms with E-state index in [1.54, 1.807) is 25.1 Å². The molecule has 1 heterocycles. The molecular weight excluding hydrogens is 444 g/mol. The molecule has 9 heteroatoms. The normalized spacial score (nSPS) is 11.8. The molecule has 33 heavy (non-hydrogen) atoms. The first-order chi connectivity index (χ1) is 15.4. The van der Waals surface area contributed by atoms with Gasteiger partial charge in [0.25, 0.3) is 0 Å². The fraction of sp³-hybridized carbons (Fsp3) is 0.333. The number of carbonyl (C=O) groups excluding carboxylic acids is 1. The summed E-state index contributed by atoms with van der Waals surface area (Å²) >= 11 is 0. The molecule has 0 saturated heterocycles. The molecule has 2 aromatic carbocycles. The maximum Gasteiger partial charge on any atom is 0.345 e. The van der Waals surface area contributed by atoms with Crippen LogP contribution in [0.4, 0.5) is 0 Å². The first-order valence-corrected chi connectivity index (χ1v) is 11.7. The smallest absolute Gasteiger partial charge is 0.345 e. The van der Waals surface area contributed by atoms with Gasteiger partial charge in [-0.3, -0.25) is 0 Å². The fourth-order valence-corrected chi connectivity index (χ4v) is 4.81. The van der Waals surface area contributed by atoms with E-state index in [4.69, 9.17) is 14.2 Å². The van der Waals surface area contributed by atoms with Crippen molar-refractivity contribution < 1.29 is 27.4 Å². The van der Waals surface area contributed by atoms with Crippen LogP contribution in [0.2, 0.25) is 0 Å². The molecule has 3 aromatic rings. The number of hydrogen-bond acceptors (Lipinski definition) is 7. The van der Waals surface area contributed by atoms with Gasteiger partial charge in [-0.2, -0.15) is 5.10 Å². The molecular formula is C24H28N2O6S. The third kappa shape index (κ3) is 4.73. The minimum Gasteiger partial charge on any atom is -0.493 e. The van der Waals surface area contributed by atoms with Crippen molar-refractivity contribution in [3.05, 3.63) is 59.3 Å². The average molecular weight is 473 g/mol. The molecule has 1 aromatic heterocycles. The van der Waals surface area contributed by atoms with Crippen LogP contribution in [0.3, 0.4) is 0 Å². The van der Waals surface area contributed by atoms with Crippen molar-refractivity contribution in [2.45, 2.75) is 49.9 Å². The summed E-state index contributed by atoms with van der Waals surface area (Å²) in [5, 5.41) is 4.41. The molecule has 0 spiro atoms. The Kier molecular flexibility index (Phi) is 6.56. The summed E-state index contributed by atoms with van der Waals surface area (Å²) in [4.78, 5) is 13.0. The van der Waals surface area contributed by atoms with Crippen molar-refractivity contribution in [1.29, 1.82) is 0 Å². The lowest BCUT2D eigenvalue weighted by Crippen LogP contribution is -2.26. The molecule has 0 aliphatic heterocycles. The number of hydrogen-bond donors (Lipinski definition) is 0. The highest BCUT2D eigenvalue weighted by molar-refractivity contribution is 7.91. The third-order valence-electron chi connectivity index (χ3n) is 5.01. The lowest BCUT2D eigenvalue weighted by Gasteiger charge is -2.22. The average Bonchev–Trinajstić information content (AvgIpc) is 3.10. The van der Waals surface area contributed by atoms with E-state index in [1.165, 1.54) is 43.2 Å². The van der Waals surface area contributed by atoms with Crippen LogP contribution in [-0.4, -0.2) is 38.4 Å². The zero-order chi connectivity index (χ0) is 24.6. The van der Waals surface area contributed by atoms with E-state index >= 15 is 0 Å². The maximum absolute atomic E-state index is 13.5. The number of aromatic nitrogens is 2. The van der Waals surface area contributed by atoms with Crippen molar-refractivity contribution in [3.8, 4) is 17.4 Å². The SMILES string of the molecule is COc1ccc(C(=O)Oc2c(S(=O)(=O)c3ccc(C)cc3)c(C)nn2C(C)(C)C)cc1OC. The van der Waals surface area contributed by atoms with E-state index < -0.39 is 21.3 Å². The number of benzene rings is 2. The van der Waals surface area contributed by atoms with Crippen molar-refractivity contribution >= 4 is 15.8 Å². The first kappa shape index (κ1) is 24.3. The number of ether oxygens (including phenoxy) is 3. The molecule has 0 fully saturated rings. The molecule has 0 bridgehead atoms. The van der Waals surface area contributed by atoms with Gasteiger partial charge < -0.3 is 14.2 Å². The highest BCUT2D eigenvalue weighted by atomic mass is 32.2. The second kappa shape index (κ2) is 8.90. The lowest BCUT2D eigenvalue weighted by molar-refractivity contribution is 0.0703. The second-order valence-corrected chi connectivity index (χ2v) is 10.5. The van der Waals surface area contributed by atoms with Gasteiger partial charge in [0, 0.05) is 0 Å². The molecule has 0 N–H and O–H groups in total. The van der Waals surface area contributed by atoms with Crippen LogP contribution >= 0.6 is 0 Å². The largest absolute Gasteiger partial charge is 0.493 e. The van der Waals surface area contributed by atoms with E-state index in [2.05, 4.69) is 5.10 Å². The number of esters is 1. The minimum absolute atomic E-state index is 0.0908. The number of nitrogens with zero attached hydrogens (tertiary/aromatic N) is 2. The summed E-state index contributed by atoms with van der Waals surface area (Å²) < 4.78 is 44.7. The van der Waals surface area contributed by atoms with Gasteiger partial charge in [0.15, 0.2) is 16.4 Å². The van der Waals surface area contributed by atoms with Gasteiger partial charge in [0.2, 0.25) is 15.7 Å². The Morgan fingerprint density at radius 3 is 2.09 bits per heavy atom. The van der Waals surface area contributed by atoms with Crippen molar-refractivity contribution in [2.75, 3.05) is 14.2 Å². The zero-order valence-corrected chi connectivity index (χ0v) is 20.6. The predicted molar refractivity (Wildman–Crippen MR) is 123 cm³/mol. The van der Waals surface area contributed by atoms with E-state index in [1.807, 2.05) is 27.7 Å². The molecule has 3 rings (SSSR count). The molecule has 0 atom stereocenters. The van der Waals surface area contributed by atoms with Crippen LogP contribution in [0.15, 0.2) is 52.3 Å². The summed E-state index contributed by atoms with van der Waals surface area (Å²) in [5.41, 5.74) is 0.682. The Labute approximate surface area is 194 Å². The zero-order valence-electron chi connectivity index (χ0n) is 19.8. The quantitative estimate of drug-likeness (QED) is 0.493. The van der Waals surface area contributed by atoms with Crippen molar-refractivity contribution in [1.82, 2.24) is 9.78 Å². The highest BCUT2D eigenvalue weighted by Crippen LogP contribution is 2.37. The Balaban J connectivity index is 2.15. The summed E-state index contributed by atoms with van der Waals surface area (Å²) in [5.74, 6) is -0.0886. The Morgan fingerprint density at radius 1 is 0.939 bits per heavy atom. The number of carbonyl (C=O) groups is 1. The van der Waals surface area contributed by atoms with Crippen LogP contribution in [0, 0.1) is 13.8 Å². The predicted octanol–water partition coefficient (Wildman–Crippen LogP) is 4.32. The standard InChI is InChI=1S/C24H28N2O6S/c1-15-8-11-18(12-9-15)33(28,29)21-16(2)25-26(24(3,4)5)22(21)32-23(27)17-10-13-19(30-6)20(14-17)31-7/h8-14H,1-7H3. The Morgan fingerprint density at radius 2 is 1.55 bits per heavy atom. The molecule has 0 aliphatic rings. The maximum atomic E-state index is 13.5. The monoisotopic (exact) mass is 472 g/mol. The third-order valence-corrected chi connectivity index (χ3v) is 6.91. The van der Waals surface area contributed by atoms with Crippen LogP contribution < -0.4 is 14.2 Å². The summed E-state index contributed by atoms with van der Waals surface area (Å²) in [6.07, 6.45) is 0. The van der Waals surface area contributed by atoms with Crippen LogP contribution in [0.1, 0.15) is 42.4 Å². The molecule has 176 valence electrons. The first-order valence-electron chi connectivity index (χ1n) is 10.3. The molecule has 0 unspecified atom stereocenters. The number of methoxy groups -OCH3 is 2. The molecule has 0 aliphatic carbocycles. The van der Waals surface area contributed by atoms with E-state index in [-0.39, 0.29) is 26.9 Å². The second-order valence-electron chi connectivity index (χ2n) is 8.58. The Hall–Kier alpha value is -3.33. The van der Waals surface area contributed by atoms with Gasteiger partial charge in [-0.05, 0) is 65.0 Å².